The molecule has 0 aliphatic rings. The molecule has 0 aliphatic carbocycles. The SMILES string of the molecule is CC[C@@](C)(Oc1ccc(Cc2ccc(Cl)cc2)cc1)C(=O)OCCNC(C)=O. The molecule has 1 amide bonds. The van der Waals surface area contributed by atoms with E-state index in [1.807, 2.05) is 55.5 Å². The summed E-state index contributed by atoms with van der Waals surface area (Å²) < 4.78 is 11.2. The topological polar surface area (TPSA) is 64.6 Å². The number of carbonyl (C=O) groups excluding carboxylic acids is 2. The number of halogens is 1. The number of hydrogen-bond donors (Lipinski definition) is 1. The maximum Gasteiger partial charge on any atom is 0.350 e. The quantitative estimate of drug-likeness (QED) is 0.504. The molecule has 0 unspecified atom stereocenters. The molecule has 150 valence electrons. The summed E-state index contributed by atoms with van der Waals surface area (Å²) in [6.45, 7) is 5.37. The molecule has 28 heavy (non-hydrogen) atoms. The first-order valence-electron chi connectivity index (χ1n) is 9.26. The van der Waals surface area contributed by atoms with Gasteiger partial charge in [-0.1, -0.05) is 42.8 Å². The highest BCUT2D eigenvalue weighted by molar-refractivity contribution is 6.30. The van der Waals surface area contributed by atoms with Crippen LogP contribution in [0.3, 0.4) is 0 Å². The second kappa shape index (κ2) is 10.1. The van der Waals surface area contributed by atoms with E-state index in [4.69, 9.17) is 21.1 Å². The van der Waals surface area contributed by atoms with Crippen LogP contribution in [-0.4, -0.2) is 30.6 Å². The minimum atomic E-state index is -1.09. The van der Waals surface area contributed by atoms with E-state index in [0.29, 0.717) is 12.2 Å². The molecule has 0 spiro atoms. The summed E-state index contributed by atoms with van der Waals surface area (Å²) >= 11 is 5.92. The fourth-order valence-electron chi connectivity index (χ4n) is 2.56. The van der Waals surface area contributed by atoms with E-state index < -0.39 is 11.6 Å². The first kappa shape index (κ1) is 21.8. The van der Waals surface area contributed by atoms with Crippen molar-refractivity contribution in [2.45, 2.75) is 39.2 Å². The maximum absolute atomic E-state index is 12.4. The summed E-state index contributed by atoms with van der Waals surface area (Å²) in [5.74, 6) is -0.0159. The van der Waals surface area contributed by atoms with Gasteiger partial charge in [-0.05, 0) is 55.2 Å². The Hall–Kier alpha value is -2.53. The molecule has 2 aromatic carbocycles. The van der Waals surface area contributed by atoms with Gasteiger partial charge in [-0.15, -0.1) is 0 Å². The Morgan fingerprint density at radius 1 is 1.04 bits per heavy atom. The van der Waals surface area contributed by atoms with Crippen LogP contribution in [0.15, 0.2) is 48.5 Å². The lowest BCUT2D eigenvalue weighted by Gasteiger charge is -2.27. The molecule has 0 radical (unpaired) electrons. The Morgan fingerprint density at radius 2 is 1.61 bits per heavy atom. The first-order chi connectivity index (χ1) is 13.3. The van der Waals surface area contributed by atoms with Crippen LogP contribution in [-0.2, 0) is 20.7 Å². The summed E-state index contributed by atoms with van der Waals surface area (Å²) in [6, 6.07) is 15.4. The number of ether oxygens (including phenoxy) is 2. The molecular weight excluding hydrogens is 378 g/mol. The van der Waals surface area contributed by atoms with Crippen molar-refractivity contribution in [2.75, 3.05) is 13.2 Å². The van der Waals surface area contributed by atoms with Gasteiger partial charge in [0.25, 0.3) is 0 Å². The van der Waals surface area contributed by atoms with Gasteiger partial charge in [0.15, 0.2) is 0 Å². The van der Waals surface area contributed by atoms with E-state index in [9.17, 15) is 9.59 Å². The van der Waals surface area contributed by atoms with E-state index >= 15 is 0 Å². The summed E-state index contributed by atoms with van der Waals surface area (Å²) in [4.78, 5) is 23.3. The van der Waals surface area contributed by atoms with Crippen LogP contribution in [0.2, 0.25) is 5.02 Å². The van der Waals surface area contributed by atoms with Gasteiger partial charge in [0.05, 0.1) is 6.54 Å². The highest BCUT2D eigenvalue weighted by Crippen LogP contribution is 2.24. The van der Waals surface area contributed by atoms with Crippen LogP contribution in [0, 0.1) is 0 Å². The molecule has 6 heteroatoms. The Kier molecular flexibility index (Phi) is 7.88. The zero-order valence-corrected chi connectivity index (χ0v) is 17.2. The van der Waals surface area contributed by atoms with Crippen molar-refractivity contribution < 1.29 is 19.1 Å². The number of rotatable bonds is 9. The van der Waals surface area contributed by atoms with Crippen molar-refractivity contribution in [1.82, 2.24) is 5.32 Å². The number of hydrogen-bond acceptors (Lipinski definition) is 4. The molecule has 2 aromatic rings. The normalized spacial score (nSPS) is 12.7. The van der Waals surface area contributed by atoms with E-state index in [1.165, 1.54) is 12.5 Å². The predicted octanol–water partition coefficient (Wildman–Crippen LogP) is 4.16. The smallest absolute Gasteiger partial charge is 0.350 e. The zero-order valence-electron chi connectivity index (χ0n) is 16.5. The zero-order chi connectivity index (χ0) is 20.6. The highest BCUT2D eigenvalue weighted by Gasteiger charge is 2.35. The average molecular weight is 404 g/mol. The lowest BCUT2D eigenvalue weighted by atomic mass is 10.0. The lowest BCUT2D eigenvalue weighted by molar-refractivity contribution is -0.161. The van der Waals surface area contributed by atoms with Crippen molar-refractivity contribution >= 4 is 23.5 Å². The van der Waals surface area contributed by atoms with Crippen LogP contribution >= 0.6 is 11.6 Å². The Bertz CT molecular complexity index is 789. The average Bonchev–Trinajstić information content (AvgIpc) is 2.68. The summed E-state index contributed by atoms with van der Waals surface area (Å²) in [5, 5.41) is 3.30. The van der Waals surface area contributed by atoms with Crippen LogP contribution in [0.25, 0.3) is 0 Å². The van der Waals surface area contributed by atoms with Crippen molar-refractivity contribution in [2.24, 2.45) is 0 Å². The predicted molar refractivity (Wildman–Crippen MR) is 110 cm³/mol. The summed E-state index contributed by atoms with van der Waals surface area (Å²) in [6.07, 6.45) is 1.24. The third kappa shape index (κ3) is 6.57. The highest BCUT2D eigenvalue weighted by atomic mass is 35.5. The number of amides is 1. The van der Waals surface area contributed by atoms with Gasteiger partial charge in [-0.3, -0.25) is 4.79 Å². The fraction of sp³-hybridized carbons (Fsp3) is 0.364. The van der Waals surface area contributed by atoms with Gasteiger partial charge in [0, 0.05) is 11.9 Å². The van der Waals surface area contributed by atoms with Crippen molar-refractivity contribution in [3.05, 3.63) is 64.7 Å². The summed E-state index contributed by atoms with van der Waals surface area (Å²) in [7, 11) is 0. The monoisotopic (exact) mass is 403 g/mol. The van der Waals surface area contributed by atoms with Gasteiger partial charge in [-0.2, -0.15) is 0 Å². The molecule has 0 bridgehead atoms. The van der Waals surface area contributed by atoms with Gasteiger partial charge < -0.3 is 14.8 Å². The van der Waals surface area contributed by atoms with Crippen molar-refractivity contribution in [1.29, 1.82) is 0 Å². The third-order valence-electron chi connectivity index (χ3n) is 4.40. The van der Waals surface area contributed by atoms with Gasteiger partial charge in [0.2, 0.25) is 11.5 Å². The van der Waals surface area contributed by atoms with Crippen LogP contribution in [0.5, 0.6) is 5.75 Å². The fourth-order valence-corrected chi connectivity index (χ4v) is 2.68. The molecule has 1 N–H and O–H groups in total. The second-order valence-electron chi connectivity index (χ2n) is 6.75. The minimum absolute atomic E-state index is 0.109. The van der Waals surface area contributed by atoms with Gasteiger partial charge in [0.1, 0.15) is 12.4 Å². The Labute approximate surface area is 171 Å². The number of benzene rings is 2. The Morgan fingerprint density at radius 3 is 2.14 bits per heavy atom. The molecule has 5 nitrogen and oxygen atoms in total. The van der Waals surface area contributed by atoms with Gasteiger partial charge in [-0.25, -0.2) is 4.79 Å². The van der Waals surface area contributed by atoms with Crippen molar-refractivity contribution in [3.63, 3.8) is 0 Å². The third-order valence-corrected chi connectivity index (χ3v) is 4.66. The van der Waals surface area contributed by atoms with Crippen molar-refractivity contribution in [3.8, 4) is 5.75 Å². The molecule has 0 heterocycles. The summed E-state index contributed by atoms with van der Waals surface area (Å²) in [5.41, 5.74) is 1.21. The molecule has 0 aliphatic heterocycles. The van der Waals surface area contributed by atoms with E-state index in [0.717, 1.165) is 17.0 Å². The second-order valence-corrected chi connectivity index (χ2v) is 7.19. The van der Waals surface area contributed by atoms with Gasteiger partial charge >= 0.3 is 5.97 Å². The molecule has 1 atom stereocenters. The number of carbonyl (C=O) groups is 2. The molecule has 0 fully saturated rings. The molecular formula is C22H26ClNO4. The van der Waals surface area contributed by atoms with Crippen LogP contribution in [0.4, 0.5) is 0 Å². The van der Waals surface area contributed by atoms with Crippen LogP contribution < -0.4 is 10.1 Å². The van der Waals surface area contributed by atoms with E-state index in [1.54, 1.807) is 6.92 Å². The largest absolute Gasteiger partial charge is 0.476 e. The molecule has 0 saturated heterocycles. The van der Waals surface area contributed by atoms with E-state index in [-0.39, 0.29) is 19.1 Å². The number of nitrogens with one attached hydrogen (secondary N) is 1. The lowest BCUT2D eigenvalue weighted by Crippen LogP contribution is -2.43. The molecule has 2 rings (SSSR count). The Balaban J connectivity index is 1.94. The number of esters is 1. The molecule has 0 aromatic heterocycles. The first-order valence-corrected chi connectivity index (χ1v) is 9.64. The molecule has 0 saturated carbocycles. The minimum Gasteiger partial charge on any atom is -0.476 e. The van der Waals surface area contributed by atoms with Crippen LogP contribution in [0.1, 0.15) is 38.3 Å². The standard InChI is InChI=1S/C22H26ClNO4/c1-4-22(3,21(26)27-14-13-24-16(2)25)28-20-11-7-18(8-12-20)15-17-5-9-19(23)10-6-17/h5-12H,4,13-15H2,1-3H3,(H,24,25)/t22-/m1/s1. The maximum atomic E-state index is 12.4. The van der Waals surface area contributed by atoms with E-state index in [2.05, 4.69) is 5.32 Å².